The number of aromatic nitrogens is 1. The Bertz CT molecular complexity index is 665. The van der Waals surface area contributed by atoms with E-state index >= 15 is 0 Å². The molecule has 126 valence electrons. The molecule has 5 heteroatoms. The molecule has 1 fully saturated rings. The van der Waals surface area contributed by atoms with Gasteiger partial charge in [0.15, 0.2) is 0 Å². The SMILES string of the molecule is O=C(Nc1cccnc1)c1ccc(OCC2(O)CCCCC2)cc1. The Morgan fingerprint density at radius 2 is 1.92 bits per heavy atom. The fourth-order valence-electron chi connectivity index (χ4n) is 2.91. The molecule has 5 nitrogen and oxygen atoms in total. The summed E-state index contributed by atoms with van der Waals surface area (Å²) in [5.74, 6) is 0.465. The van der Waals surface area contributed by atoms with Crippen molar-refractivity contribution >= 4 is 11.6 Å². The van der Waals surface area contributed by atoms with Gasteiger partial charge in [0.05, 0.1) is 17.5 Å². The fraction of sp³-hybridized carbons (Fsp3) is 0.368. The van der Waals surface area contributed by atoms with Crippen LogP contribution in [0.1, 0.15) is 42.5 Å². The average molecular weight is 326 g/mol. The Kier molecular flexibility index (Phi) is 5.11. The summed E-state index contributed by atoms with van der Waals surface area (Å²) in [5, 5.41) is 13.2. The molecule has 0 bridgehead atoms. The maximum absolute atomic E-state index is 12.2. The Morgan fingerprint density at radius 3 is 2.58 bits per heavy atom. The second-order valence-corrected chi connectivity index (χ2v) is 6.29. The summed E-state index contributed by atoms with van der Waals surface area (Å²) in [6, 6.07) is 10.5. The molecule has 1 aromatic carbocycles. The molecule has 3 rings (SSSR count). The van der Waals surface area contributed by atoms with Crippen LogP contribution < -0.4 is 10.1 Å². The number of pyridine rings is 1. The number of ether oxygens (including phenoxy) is 1. The standard InChI is InChI=1S/C19H22N2O3/c22-18(21-16-5-4-12-20-13-16)15-6-8-17(9-7-15)24-14-19(23)10-2-1-3-11-19/h4-9,12-13,23H,1-3,10-11,14H2,(H,21,22). The van der Waals surface area contributed by atoms with Gasteiger partial charge in [-0.1, -0.05) is 19.3 Å². The van der Waals surface area contributed by atoms with Crippen LogP contribution in [0.3, 0.4) is 0 Å². The van der Waals surface area contributed by atoms with E-state index in [4.69, 9.17) is 4.74 Å². The molecule has 0 unspecified atom stereocenters. The number of nitrogens with one attached hydrogen (secondary N) is 1. The van der Waals surface area contributed by atoms with E-state index in [0.29, 0.717) is 23.6 Å². The second-order valence-electron chi connectivity index (χ2n) is 6.29. The summed E-state index contributed by atoms with van der Waals surface area (Å²) < 4.78 is 5.71. The Morgan fingerprint density at radius 1 is 1.17 bits per heavy atom. The number of anilines is 1. The van der Waals surface area contributed by atoms with Crippen LogP contribution in [0.15, 0.2) is 48.8 Å². The highest BCUT2D eigenvalue weighted by Crippen LogP contribution is 2.28. The van der Waals surface area contributed by atoms with Crippen LogP contribution in [0.2, 0.25) is 0 Å². The van der Waals surface area contributed by atoms with Gasteiger partial charge in [0.2, 0.25) is 0 Å². The monoisotopic (exact) mass is 326 g/mol. The molecule has 0 saturated heterocycles. The van der Waals surface area contributed by atoms with Gasteiger partial charge in [0.25, 0.3) is 5.91 Å². The van der Waals surface area contributed by atoms with Crippen molar-refractivity contribution < 1.29 is 14.6 Å². The van der Waals surface area contributed by atoms with Crippen LogP contribution in [-0.2, 0) is 0 Å². The van der Waals surface area contributed by atoms with Crippen LogP contribution in [0.25, 0.3) is 0 Å². The highest BCUT2D eigenvalue weighted by Gasteiger charge is 2.29. The van der Waals surface area contributed by atoms with Gasteiger partial charge < -0.3 is 15.2 Å². The van der Waals surface area contributed by atoms with Crippen LogP contribution in [0.4, 0.5) is 5.69 Å². The minimum absolute atomic E-state index is 0.194. The van der Waals surface area contributed by atoms with Crippen molar-refractivity contribution in [3.05, 3.63) is 54.4 Å². The molecule has 2 aromatic rings. The quantitative estimate of drug-likeness (QED) is 0.883. The van der Waals surface area contributed by atoms with Crippen LogP contribution in [-0.4, -0.2) is 28.2 Å². The lowest BCUT2D eigenvalue weighted by Gasteiger charge is -2.31. The molecule has 1 aliphatic carbocycles. The maximum atomic E-state index is 12.2. The van der Waals surface area contributed by atoms with E-state index in [0.717, 1.165) is 25.7 Å². The topological polar surface area (TPSA) is 71.5 Å². The van der Waals surface area contributed by atoms with E-state index in [1.165, 1.54) is 6.42 Å². The Labute approximate surface area is 141 Å². The smallest absolute Gasteiger partial charge is 0.255 e. The zero-order valence-electron chi connectivity index (χ0n) is 13.6. The number of aliphatic hydroxyl groups is 1. The van der Waals surface area contributed by atoms with Crippen LogP contribution >= 0.6 is 0 Å². The van der Waals surface area contributed by atoms with Gasteiger partial charge in [-0.3, -0.25) is 9.78 Å². The average Bonchev–Trinajstić information content (AvgIpc) is 2.62. The minimum Gasteiger partial charge on any atom is -0.491 e. The van der Waals surface area contributed by atoms with E-state index in [-0.39, 0.29) is 5.91 Å². The van der Waals surface area contributed by atoms with Crippen molar-refractivity contribution in [2.45, 2.75) is 37.7 Å². The van der Waals surface area contributed by atoms with E-state index < -0.39 is 5.60 Å². The maximum Gasteiger partial charge on any atom is 0.255 e. The summed E-state index contributed by atoms with van der Waals surface area (Å²) >= 11 is 0. The highest BCUT2D eigenvalue weighted by molar-refractivity contribution is 6.04. The molecule has 1 aromatic heterocycles. The molecule has 0 radical (unpaired) electrons. The van der Waals surface area contributed by atoms with E-state index in [9.17, 15) is 9.90 Å². The van der Waals surface area contributed by atoms with Gasteiger partial charge in [-0.2, -0.15) is 0 Å². The normalized spacial score (nSPS) is 16.4. The Hall–Kier alpha value is -2.40. The molecule has 1 saturated carbocycles. The molecule has 24 heavy (non-hydrogen) atoms. The zero-order valence-corrected chi connectivity index (χ0v) is 13.6. The molecule has 1 amide bonds. The lowest BCUT2D eigenvalue weighted by Crippen LogP contribution is -2.37. The van der Waals surface area contributed by atoms with Crippen molar-refractivity contribution in [3.8, 4) is 5.75 Å². The number of carbonyl (C=O) groups excluding carboxylic acids is 1. The van der Waals surface area contributed by atoms with Crippen LogP contribution in [0.5, 0.6) is 5.75 Å². The molecule has 2 N–H and O–H groups in total. The van der Waals surface area contributed by atoms with Crippen molar-refractivity contribution in [2.24, 2.45) is 0 Å². The van der Waals surface area contributed by atoms with E-state index in [2.05, 4.69) is 10.3 Å². The second kappa shape index (κ2) is 7.45. The first kappa shape index (κ1) is 16.5. The number of hydrogen-bond donors (Lipinski definition) is 2. The largest absolute Gasteiger partial charge is 0.491 e. The summed E-state index contributed by atoms with van der Waals surface area (Å²) in [7, 11) is 0. The van der Waals surface area contributed by atoms with Gasteiger partial charge in [-0.05, 0) is 49.2 Å². The summed E-state index contributed by atoms with van der Waals surface area (Å²) in [4.78, 5) is 16.1. The van der Waals surface area contributed by atoms with Crippen molar-refractivity contribution in [2.75, 3.05) is 11.9 Å². The third-order valence-electron chi connectivity index (χ3n) is 4.33. The predicted molar refractivity (Wildman–Crippen MR) is 92.2 cm³/mol. The number of carbonyl (C=O) groups is 1. The lowest BCUT2D eigenvalue weighted by molar-refractivity contribution is -0.0339. The molecule has 1 aliphatic rings. The molecular weight excluding hydrogens is 304 g/mol. The number of amides is 1. The highest BCUT2D eigenvalue weighted by atomic mass is 16.5. The number of benzene rings is 1. The van der Waals surface area contributed by atoms with Crippen molar-refractivity contribution in [3.63, 3.8) is 0 Å². The third kappa shape index (κ3) is 4.32. The van der Waals surface area contributed by atoms with E-state index in [1.807, 2.05) is 0 Å². The van der Waals surface area contributed by atoms with E-state index in [1.54, 1.807) is 48.8 Å². The Balaban J connectivity index is 1.56. The predicted octanol–water partition coefficient (Wildman–Crippen LogP) is 3.41. The molecule has 1 heterocycles. The number of rotatable bonds is 5. The first-order chi connectivity index (χ1) is 11.6. The van der Waals surface area contributed by atoms with Gasteiger partial charge in [0, 0.05) is 11.8 Å². The van der Waals surface area contributed by atoms with Gasteiger partial charge in [-0.15, -0.1) is 0 Å². The number of hydrogen-bond acceptors (Lipinski definition) is 4. The van der Waals surface area contributed by atoms with Crippen molar-refractivity contribution in [1.82, 2.24) is 4.98 Å². The first-order valence-electron chi connectivity index (χ1n) is 8.31. The third-order valence-corrected chi connectivity index (χ3v) is 4.33. The van der Waals surface area contributed by atoms with Gasteiger partial charge in [-0.25, -0.2) is 0 Å². The molecule has 0 aliphatic heterocycles. The van der Waals surface area contributed by atoms with Crippen molar-refractivity contribution in [1.29, 1.82) is 0 Å². The fourth-order valence-corrected chi connectivity index (χ4v) is 2.91. The first-order valence-corrected chi connectivity index (χ1v) is 8.31. The zero-order chi connectivity index (χ0) is 16.8. The molecular formula is C19H22N2O3. The summed E-state index contributed by atoms with van der Waals surface area (Å²) in [5.41, 5.74) is 0.485. The molecule has 0 atom stereocenters. The summed E-state index contributed by atoms with van der Waals surface area (Å²) in [6.45, 7) is 0.300. The molecule has 0 spiro atoms. The minimum atomic E-state index is -0.714. The lowest BCUT2D eigenvalue weighted by atomic mass is 9.85. The number of nitrogens with zero attached hydrogens (tertiary/aromatic N) is 1. The van der Waals surface area contributed by atoms with Gasteiger partial charge >= 0.3 is 0 Å². The van der Waals surface area contributed by atoms with Gasteiger partial charge in [0.1, 0.15) is 12.4 Å². The summed E-state index contributed by atoms with van der Waals surface area (Å²) in [6.07, 6.45) is 8.11. The van der Waals surface area contributed by atoms with Crippen LogP contribution in [0, 0.1) is 0 Å².